The smallest absolute Gasteiger partial charge is 0.248 e. The highest BCUT2D eigenvalue weighted by molar-refractivity contribution is 5.77. The van der Waals surface area contributed by atoms with Gasteiger partial charge in [0.05, 0.1) is 18.8 Å². The maximum atomic E-state index is 11.9. The second-order valence-corrected chi connectivity index (χ2v) is 4.78. The molecule has 17 heavy (non-hydrogen) atoms. The summed E-state index contributed by atoms with van der Waals surface area (Å²) in [6.07, 6.45) is 2.41. The van der Waals surface area contributed by atoms with Crippen LogP contribution >= 0.6 is 0 Å². The van der Waals surface area contributed by atoms with Gasteiger partial charge >= 0.3 is 0 Å². The maximum Gasteiger partial charge on any atom is 0.248 e. The molecule has 2 aliphatic heterocycles. The van der Waals surface area contributed by atoms with Crippen LogP contribution in [-0.2, 0) is 14.3 Å². The molecule has 98 valence electrons. The molecule has 1 atom stereocenters. The van der Waals surface area contributed by atoms with E-state index in [0.29, 0.717) is 19.7 Å². The van der Waals surface area contributed by atoms with Gasteiger partial charge in [-0.2, -0.15) is 0 Å². The summed E-state index contributed by atoms with van der Waals surface area (Å²) in [5, 5.41) is 3.28. The number of hydrogen-bond donors (Lipinski definition) is 1. The molecule has 1 unspecified atom stereocenters. The van der Waals surface area contributed by atoms with Gasteiger partial charge in [0.15, 0.2) is 0 Å². The largest absolute Gasteiger partial charge is 0.375 e. The highest BCUT2D eigenvalue weighted by atomic mass is 16.5. The van der Waals surface area contributed by atoms with Crippen molar-refractivity contribution in [2.24, 2.45) is 0 Å². The molecule has 0 radical (unpaired) electrons. The third-order valence-corrected chi connectivity index (χ3v) is 3.32. The summed E-state index contributed by atoms with van der Waals surface area (Å²) >= 11 is 0. The molecule has 5 heteroatoms. The Bertz CT molecular complexity index is 254. The minimum atomic E-state index is 0.0960. The molecular formula is C12H22N2O3. The minimum Gasteiger partial charge on any atom is -0.375 e. The first-order valence-corrected chi connectivity index (χ1v) is 6.47. The normalized spacial score (nSPS) is 27.1. The minimum absolute atomic E-state index is 0.0960. The molecule has 2 fully saturated rings. The van der Waals surface area contributed by atoms with Crippen molar-refractivity contribution < 1.29 is 14.3 Å². The van der Waals surface area contributed by atoms with E-state index in [1.165, 1.54) is 0 Å². The predicted molar refractivity (Wildman–Crippen MR) is 63.8 cm³/mol. The van der Waals surface area contributed by atoms with Gasteiger partial charge in [0, 0.05) is 13.1 Å². The van der Waals surface area contributed by atoms with Gasteiger partial charge in [-0.1, -0.05) is 0 Å². The van der Waals surface area contributed by atoms with Gasteiger partial charge < -0.3 is 19.7 Å². The highest BCUT2D eigenvalue weighted by Gasteiger charge is 2.22. The quantitative estimate of drug-likeness (QED) is 0.757. The van der Waals surface area contributed by atoms with Crippen LogP contribution in [0.5, 0.6) is 0 Å². The number of ether oxygens (including phenoxy) is 2. The van der Waals surface area contributed by atoms with E-state index < -0.39 is 0 Å². The average Bonchev–Trinajstić information content (AvgIpc) is 2.37. The highest BCUT2D eigenvalue weighted by Crippen LogP contribution is 2.09. The molecule has 1 N–H and O–H groups in total. The van der Waals surface area contributed by atoms with Crippen molar-refractivity contribution in [3.05, 3.63) is 0 Å². The number of hydrogen-bond acceptors (Lipinski definition) is 4. The number of nitrogens with one attached hydrogen (secondary N) is 1. The van der Waals surface area contributed by atoms with Gasteiger partial charge in [-0.15, -0.1) is 0 Å². The zero-order valence-electron chi connectivity index (χ0n) is 10.5. The monoisotopic (exact) mass is 242 g/mol. The summed E-state index contributed by atoms with van der Waals surface area (Å²) in [5.41, 5.74) is 0. The lowest BCUT2D eigenvalue weighted by molar-refractivity contribution is -0.145. The van der Waals surface area contributed by atoms with E-state index in [0.717, 1.165) is 25.9 Å². The van der Waals surface area contributed by atoms with Crippen LogP contribution in [0, 0.1) is 0 Å². The summed E-state index contributed by atoms with van der Waals surface area (Å²) in [4.78, 5) is 13.8. The van der Waals surface area contributed by atoms with Crippen molar-refractivity contribution in [1.82, 2.24) is 10.2 Å². The van der Waals surface area contributed by atoms with Gasteiger partial charge in [0.1, 0.15) is 6.61 Å². The average molecular weight is 242 g/mol. The zero-order valence-corrected chi connectivity index (χ0v) is 10.5. The fourth-order valence-electron chi connectivity index (χ4n) is 2.29. The number of piperidine rings is 1. The molecule has 2 saturated heterocycles. The Morgan fingerprint density at radius 2 is 2.24 bits per heavy atom. The number of nitrogens with zero attached hydrogens (tertiary/aromatic N) is 1. The van der Waals surface area contributed by atoms with Crippen molar-refractivity contribution >= 4 is 5.91 Å². The number of carbonyl (C=O) groups is 1. The third-order valence-electron chi connectivity index (χ3n) is 3.32. The first-order chi connectivity index (χ1) is 8.25. The molecule has 2 heterocycles. The first kappa shape index (κ1) is 12.8. The van der Waals surface area contributed by atoms with Crippen LogP contribution in [0.2, 0.25) is 0 Å². The third kappa shape index (κ3) is 3.94. The van der Waals surface area contributed by atoms with Crippen molar-refractivity contribution in [2.45, 2.75) is 32.0 Å². The Morgan fingerprint density at radius 3 is 2.94 bits per heavy atom. The van der Waals surface area contributed by atoms with E-state index in [-0.39, 0.29) is 24.7 Å². The summed E-state index contributed by atoms with van der Waals surface area (Å²) in [7, 11) is 0. The van der Waals surface area contributed by atoms with Crippen LogP contribution in [0.1, 0.15) is 19.8 Å². The van der Waals surface area contributed by atoms with Crippen LogP contribution < -0.4 is 5.32 Å². The molecule has 0 spiro atoms. The van der Waals surface area contributed by atoms with Gasteiger partial charge in [0.2, 0.25) is 5.91 Å². The maximum absolute atomic E-state index is 11.9. The van der Waals surface area contributed by atoms with Gasteiger partial charge in [0.25, 0.3) is 0 Å². The molecule has 0 bridgehead atoms. The van der Waals surface area contributed by atoms with Crippen molar-refractivity contribution in [3.8, 4) is 0 Å². The van der Waals surface area contributed by atoms with E-state index in [9.17, 15) is 4.79 Å². The molecule has 5 nitrogen and oxygen atoms in total. The van der Waals surface area contributed by atoms with Gasteiger partial charge in [-0.05, 0) is 32.9 Å². The lowest BCUT2D eigenvalue weighted by Crippen LogP contribution is -2.46. The predicted octanol–water partition coefficient (Wildman–Crippen LogP) is 0.00230. The summed E-state index contributed by atoms with van der Waals surface area (Å²) in [5.74, 6) is 0.0960. The van der Waals surface area contributed by atoms with E-state index in [2.05, 4.69) is 5.32 Å². The molecule has 0 aliphatic carbocycles. The number of morpholine rings is 1. The second kappa shape index (κ2) is 6.33. The van der Waals surface area contributed by atoms with E-state index >= 15 is 0 Å². The summed E-state index contributed by atoms with van der Waals surface area (Å²) in [6, 6.07) is 0. The lowest BCUT2D eigenvalue weighted by atomic mass is 10.1. The van der Waals surface area contributed by atoms with Gasteiger partial charge in [-0.25, -0.2) is 0 Å². The van der Waals surface area contributed by atoms with Crippen LogP contribution in [0.25, 0.3) is 0 Å². The fourth-order valence-corrected chi connectivity index (χ4v) is 2.29. The van der Waals surface area contributed by atoms with Crippen LogP contribution in [0.4, 0.5) is 0 Å². The molecule has 0 aromatic rings. The zero-order chi connectivity index (χ0) is 12.1. The summed E-state index contributed by atoms with van der Waals surface area (Å²) < 4.78 is 11.1. The Kier molecular flexibility index (Phi) is 4.76. The first-order valence-electron chi connectivity index (χ1n) is 6.47. The van der Waals surface area contributed by atoms with Crippen molar-refractivity contribution in [3.63, 3.8) is 0 Å². The lowest BCUT2D eigenvalue weighted by Gasteiger charge is -2.32. The Labute approximate surface area is 102 Å². The Balaban J connectivity index is 1.69. The van der Waals surface area contributed by atoms with Crippen molar-refractivity contribution in [1.29, 1.82) is 0 Å². The Morgan fingerprint density at radius 1 is 1.47 bits per heavy atom. The molecule has 0 saturated carbocycles. The van der Waals surface area contributed by atoms with Crippen molar-refractivity contribution in [2.75, 3.05) is 39.4 Å². The molecule has 2 aliphatic rings. The molecule has 1 amide bonds. The SMILES string of the molecule is CC1CN(C(=O)COC2CCNCC2)CCO1. The number of amides is 1. The second-order valence-electron chi connectivity index (χ2n) is 4.78. The van der Waals surface area contributed by atoms with Crippen LogP contribution in [0.15, 0.2) is 0 Å². The summed E-state index contributed by atoms with van der Waals surface area (Å²) in [6.45, 7) is 6.22. The van der Waals surface area contributed by atoms with Gasteiger partial charge in [-0.3, -0.25) is 4.79 Å². The number of carbonyl (C=O) groups excluding carboxylic acids is 1. The molecule has 0 aromatic heterocycles. The van der Waals surface area contributed by atoms with E-state index in [1.807, 2.05) is 11.8 Å². The standard InChI is InChI=1S/C12H22N2O3/c1-10-8-14(6-7-16-10)12(15)9-17-11-2-4-13-5-3-11/h10-11,13H,2-9H2,1H3. The van der Waals surface area contributed by atoms with Crippen LogP contribution in [-0.4, -0.2) is 62.4 Å². The van der Waals surface area contributed by atoms with E-state index in [1.54, 1.807) is 0 Å². The van der Waals surface area contributed by atoms with Crippen LogP contribution in [0.3, 0.4) is 0 Å². The number of rotatable bonds is 3. The molecule has 0 aromatic carbocycles. The molecule has 2 rings (SSSR count). The van der Waals surface area contributed by atoms with E-state index in [4.69, 9.17) is 9.47 Å². The molecular weight excluding hydrogens is 220 g/mol. The Hall–Kier alpha value is -0.650. The fraction of sp³-hybridized carbons (Fsp3) is 0.917. The topological polar surface area (TPSA) is 50.8 Å².